The highest BCUT2D eigenvalue weighted by Crippen LogP contribution is 2.32. The molecule has 115 heavy (non-hydrogen) atoms. The number of nitrogens with two attached hydrogens (primary N) is 2. The lowest BCUT2D eigenvalue weighted by Crippen LogP contribution is -2.62. The van der Waals surface area contributed by atoms with E-state index < -0.39 is 131 Å². The molecule has 0 saturated carbocycles. The molecule has 2 bridgehead atoms. The lowest BCUT2D eigenvalue weighted by Gasteiger charge is -2.35. The Morgan fingerprint density at radius 3 is 1.37 bits per heavy atom. The maximum absolute atomic E-state index is 16.1. The molecule has 11 rings (SSSR count). The fourth-order valence-electron chi connectivity index (χ4n) is 14.1. The molecular formula is C78H98N24O11S2. The molecule has 3 aliphatic heterocycles. The zero-order chi connectivity index (χ0) is 81.3. The van der Waals surface area contributed by atoms with Crippen LogP contribution in [-0.4, -0.2) is 215 Å². The molecule has 4 aromatic heterocycles. The van der Waals surface area contributed by atoms with Crippen molar-refractivity contribution in [3.8, 4) is 0 Å². The molecule has 8 aromatic rings. The van der Waals surface area contributed by atoms with E-state index in [9.17, 15) is 0 Å². The van der Waals surface area contributed by atoms with Gasteiger partial charge in [-0.25, -0.2) is 14.8 Å². The minimum absolute atomic E-state index is 0.0382. The molecule has 3 aliphatic rings. The summed E-state index contributed by atoms with van der Waals surface area (Å²) in [5.74, 6) is -9.60. The highest BCUT2D eigenvalue weighted by atomic mass is 33.1. The van der Waals surface area contributed by atoms with Gasteiger partial charge in [-0.2, -0.15) is 0 Å². The number of imidazole rings is 2. The molecule has 12 amide bonds. The van der Waals surface area contributed by atoms with Crippen LogP contribution in [0.2, 0.25) is 0 Å². The number of unbranched alkanes of at least 4 members (excludes halogenated alkanes) is 1. The number of hydrogen-bond donors (Lipinski definition) is 20. The second kappa shape index (κ2) is 40.9. The van der Waals surface area contributed by atoms with Crippen molar-refractivity contribution in [2.24, 2.45) is 11.5 Å². The number of hydrogen-bond acceptors (Lipinski definition) is 17. The van der Waals surface area contributed by atoms with E-state index in [1.807, 2.05) is 43.3 Å². The largest absolute Gasteiger partial charge is 0.370 e. The van der Waals surface area contributed by atoms with E-state index in [1.165, 1.54) is 34.8 Å². The van der Waals surface area contributed by atoms with Gasteiger partial charge in [0.15, 0.2) is 17.4 Å². The van der Waals surface area contributed by atoms with Crippen molar-refractivity contribution in [2.45, 2.75) is 163 Å². The Balaban J connectivity index is 1.07. The summed E-state index contributed by atoms with van der Waals surface area (Å²) in [4.78, 5) is 195. The van der Waals surface area contributed by atoms with Crippen LogP contribution in [0.25, 0.3) is 21.8 Å². The maximum Gasteiger partial charge on any atom is 0.320 e. The van der Waals surface area contributed by atoms with Gasteiger partial charge in [-0.3, -0.25) is 63.7 Å². The Morgan fingerprint density at radius 2 is 0.896 bits per heavy atom. The van der Waals surface area contributed by atoms with Crippen LogP contribution in [0.5, 0.6) is 0 Å². The van der Waals surface area contributed by atoms with Gasteiger partial charge in [-0.15, -0.1) is 0 Å². The summed E-state index contributed by atoms with van der Waals surface area (Å²) in [6, 6.07) is 16.2. The van der Waals surface area contributed by atoms with Gasteiger partial charge in [0.25, 0.3) is 0 Å². The summed E-state index contributed by atoms with van der Waals surface area (Å²) in [5.41, 5.74) is 14.2. The summed E-state index contributed by atoms with van der Waals surface area (Å²) >= 11 is 0. The number of aromatic nitrogens is 6. The number of fused-ring (bicyclic) bond motifs is 7. The summed E-state index contributed by atoms with van der Waals surface area (Å²) in [6.07, 6.45) is 9.04. The number of guanidine groups is 2. The quantitative estimate of drug-likeness (QED) is 0.0185. The van der Waals surface area contributed by atoms with Crippen LogP contribution in [0, 0.1) is 10.8 Å². The van der Waals surface area contributed by atoms with Crippen LogP contribution in [0.3, 0.4) is 0 Å². The van der Waals surface area contributed by atoms with Crippen molar-refractivity contribution in [1.82, 2.24) is 104 Å². The van der Waals surface area contributed by atoms with Gasteiger partial charge >= 0.3 is 6.03 Å². The first kappa shape index (κ1) is 83.5. The van der Waals surface area contributed by atoms with Gasteiger partial charge in [0.1, 0.15) is 60.4 Å². The maximum atomic E-state index is 16.1. The number of carbonyl (C=O) groups excluding carboxylic acids is 11. The number of H-pyrrole nitrogens is 4. The minimum Gasteiger partial charge on any atom is -0.370 e. The Morgan fingerprint density at radius 1 is 0.478 bits per heavy atom. The first-order chi connectivity index (χ1) is 55.6. The zero-order valence-corrected chi connectivity index (χ0v) is 65.0. The van der Waals surface area contributed by atoms with Gasteiger partial charge in [-0.1, -0.05) is 121 Å². The monoisotopic (exact) mass is 1610 g/mol. The average molecular weight is 1610 g/mol. The van der Waals surface area contributed by atoms with E-state index in [2.05, 4.69) is 93.7 Å². The predicted octanol–water partition coefficient (Wildman–Crippen LogP) is 1.24. The normalized spacial score (nSPS) is 23.0. The average Bonchev–Trinajstić information content (AvgIpc) is 1.80. The lowest BCUT2D eigenvalue weighted by atomic mass is 10.0. The Labute approximate surface area is 670 Å². The van der Waals surface area contributed by atoms with Crippen molar-refractivity contribution in [3.05, 3.63) is 180 Å². The van der Waals surface area contributed by atoms with Crippen LogP contribution >= 0.6 is 21.6 Å². The molecule has 3 fully saturated rings. The predicted molar refractivity (Wildman–Crippen MR) is 433 cm³/mol. The lowest BCUT2D eigenvalue weighted by molar-refractivity contribution is -0.142. The number of nitrogens with one attached hydrogen (secondary N) is 18. The van der Waals surface area contributed by atoms with Crippen LogP contribution in [0.4, 0.5) is 4.79 Å². The fourth-order valence-corrected chi connectivity index (χ4v) is 16.6. The molecule has 608 valence electrons. The van der Waals surface area contributed by atoms with Crippen molar-refractivity contribution < 1.29 is 52.7 Å². The molecule has 22 N–H and O–H groups in total. The topological polar surface area (TPSA) is 527 Å². The number of nitrogens with zero attached hydrogens (tertiary/aromatic N) is 4. The number of para-hydroxylation sites is 2. The van der Waals surface area contributed by atoms with Crippen LogP contribution in [0.1, 0.15) is 91.9 Å². The molecule has 0 aliphatic carbocycles. The highest BCUT2D eigenvalue weighted by Gasteiger charge is 2.43. The van der Waals surface area contributed by atoms with E-state index in [4.69, 9.17) is 22.3 Å². The summed E-state index contributed by atoms with van der Waals surface area (Å²) < 4.78 is 0. The summed E-state index contributed by atoms with van der Waals surface area (Å²) in [5, 5.41) is 51.6. The molecule has 11 atom stereocenters. The molecule has 0 radical (unpaired) electrons. The van der Waals surface area contributed by atoms with Crippen molar-refractivity contribution in [1.29, 1.82) is 10.8 Å². The number of amides is 12. The molecule has 37 heteroatoms. The van der Waals surface area contributed by atoms with E-state index >= 15 is 52.7 Å². The first-order valence-corrected chi connectivity index (χ1v) is 40.7. The second-order valence-corrected chi connectivity index (χ2v) is 31.0. The Kier molecular flexibility index (Phi) is 29.7. The summed E-state index contributed by atoms with van der Waals surface area (Å²) in [7, 11) is 1.81. The molecule has 4 aromatic carbocycles. The van der Waals surface area contributed by atoms with Crippen LogP contribution in [0.15, 0.2) is 147 Å². The first-order valence-electron chi connectivity index (χ1n) is 38.3. The van der Waals surface area contributed by atoms with Gasteiger partial charge in [0.05, 0.1) is 24.0 Å². The molecule has 1 unspecified atom stereocenters. The highest BCUT2D eigenvalue weighted by molar-refractivity contribution is 8.76. The van der Waals surface area contributed by atoms with Gasteiger partial charge in [0, 0.05) is 117 Å². The third-order valence-electron chi connectivity index (χ3n) is 20.1. The molecule has 3 saturated heterocycles. The second-order valence-electron chi connectivity index (χ2n) is 28.5. The smallest absolute Gasteiger partial charge is 0.320 e. The van der Waals surface area contributed by atoms with E-state index in [1.54, 1.807) is 85.2 Å². The van der Waals surface area contributed by atoms with E-state index in [-0.39, 0.29) is 127 Å². The standard InChI is InChI=1S/C78H98N24O11S2/c1-2-3-30-102-77(113)99-62(37-50-41-84-44-90-50)71(109)94-58(33-46-19-8-5-9-20-46)68(106)91-55(25-14-28-85-75(79)80)65(103)95-59(34-47-38-87-53-23-12-10-21-51(47)53)69(107)98-63-42-114-115-78(102)100-72(110)60(35-48-39-88-54-24-13-11-22-52(48)54)96-66(104)56(26-15-29-86-76(81)82)92-67(105)57(32-45-17-6-4-7-18-45)93-70(108)61(36-49-40-83-43-89-49)97-73(111)64-27-16-31-101(64)74(63)112/h4-13,17-24,38-41,43-44,55-64,78,87-88H,2-3,14-16,25-37,42H2,1H3,(H,83,89)(H,84,90)(H,91,106)(H,92,105)(H,93,108)(H,94,109)(H,95,103)(H,96,104)(H,97,111)(H,98,107)(H,99,113)(H,100,110)(H4,79,80,85)(H4,81,82,86)/t55-,56-,57+,58+,59-,60-,61-,62-,63-,64-,78?/m0/s1. The van der Waals surface area contributed by atoms with E-state index in [0.29, 0.717) is 61.9 Å². The SMILES string of the molecule is CCCCN1C(=O)N[C@@H](Cc2c[nH]cn2)C(=O)N[C@H](Cc2ccccc2)C(=O)N[C@@H](CCCNC(=N)N)C(=O)N[C@@H](Cc2c[nH]c3ccccc23)C(=O)N[C@H]2CSSC1NC(=O)[C@H](Cc1c[nH]c3ccccc13)NC(=O)[C@H](CCCNC(=N)N)NC(=O)[C@@H](Cc1ccccc1)NC(=O)[C@H](Cc1c[nH]cn1)NC(=O)[C@@H]1CCCN1C2=O. The fraction of sp³-hybridized carbons (Fsp3) is 0.397. The molecule has 0 spiro atoms. The zero-order valence-electron chi connectivity index (χ0n) is 63.4. The minimum atomic E-state index is -1.62. The van der Waals surface area contributed by atoms with Crippen LogP contribution in [-0.2, 0) is 86.5 Å². The number of aromatic amines is 4. The molecule has 7 heterocycles. The number of urea groups is 1. The van der Waals surface area contributed by atoms with Crippen molar-refractivity contribution >= 4 is 120 Å². The van der Waals surface area contributed by atoms with Crippen molar-refractivity contribution in [2.75, 3.05) is 31.9 Å². The van der Waals surface area contributed by atoms with E-state index in [0.717, 1.165) is 21.6 Å². The number of benzene rings is 4. The molecule has 35 nitrogen and oxygen atoms in total. The van der Waals surface area contributed by atoms with Gasteiger partial charge in [-0.05, 0) is 90.1 Å². The molecular weight excluding hydrogens is 1510 g/mol. The third-order valence-corrected chi connectivity index (χ3v) is 22.6. The van der Waals surface area contributed by atoms with Crippen molar-refractivity contribution in [3.63, 3.8) is 0 Å². The van der Waals surface area contributed by atoms with Gasteiger partial charge in [0.2, 0.25) is 59.1 Å². The van der Waals surface area contributed by atoms with Crippen LogP contribution < -0.4 is 75.3 Å². The van der Waals surface area contributed by atoms with Gasteiger partial charge < -0.3 is 100 Å². The summed E-state index contributed by atoms with van der Waals surface area (Å²) in [6.45, 7) is 1.84. The third kappa shape index (κ3) is 23.4. The number of rotatable bonds is 23. The number of carbonyl (C=O) groups is 11. The Bertz CT molecular complexity index is 4700. The Hall–Kier alpha value is -12.4.